The standard InChI is InChI=1S/C16H26N4O/c1-2-20(14-8-9-14)11-10-18-12-15(16(17)19-21)13-6-4-3-5-7-13/h3-7,14-15,18,21H,2,8-12H2,1H3,(H2,17,19). The highest BCUT2D eigenvalue weighted by atomic mass is 16.4. The summed E-state index contributed by atoms with van der Waals surface area (Å²) >= 11 is 0. The first kappa shape index (κ1) is 15.8. The number of likely N-dealkylation sites (N-methyl/N-ethyl adjacent to an activating group) is 1. The molecule has 21 heavy (non-hydrogen) atoms. The van der Waals surface area contributed by atoms with Crippen molar-refractivity contribution in [3.63, 3.8) is 0 Å². The number of nitrogens with zero attached hydrogens (tertiary/aromatic N) is 2. The number of hydrogen-bond acceptors (Lipinski definition) is 4. The lowest BCUT2D eigenvalue weighted by Crippen LogP contribution is -2.37. The molecular weight excluding hydrogens is 264 g/mol. The minimum Gasteiger partial charge on any atom is -0.409 e. The van der Waals surface area contributed by atoms with E-state index in [2.05, 4.69) is 22.3 Å². The van der Waals surface area contributed by atoms with Crippen LogP contribution in [0, 0.1) is 0 Å². The summed E-state index contributed by atoms with van der Waals surface area (Å²) in [6.07, 6.45) is 2.68. The van der Waals surface area contributed by atoms with E-state index in [9.17, 15) is 0 Å². The molecule has 5 nitrogen and oxygen atoms in total. The Morgan fingerprint density at radius 2 is 2.14 bits per heavy atom. The summed E-state index contributed by atoms with van der Waals surface area (Å²) in [4.78, 5) is 2.51. The molecule has 0 saturated heterocycles. The average Bonchev–Trinajstić information content (AvgIpc) is 3.36. The van der Waals surface area contributed by atoms with Gasteiger partial charge in [0.1, 0.15) is 5.84 Å². The second-order valence-corrected chi connectivity index (χ2v) is 5.55. The summed E-state index contributed by atoms with van der Waals surface area (Å²) in [6, 6.07) is 10.7. The largest absolute Gasteiger partial charge is 0.409 e. The molecule has 1 aromatic carbocycles. The number of hydrogen-bond donors (Lipinski definition) is 3. The number of amidine groups is 1. The van der Waals surface area contributed by atoms with Crippen molar-refractivity contribution < 1.29 is 5.21 Å². The van der Waals surface area contributed by atoms with E-state index in [0.29, 0.717) is 6.54 Å². The number of benzene rings is 1. The van der Waals surface area contributed by atoms with Crippen LogP contribution in [0.2, 0.25) is 0 Å². The first-order valence-electron chi connectivity index (χ1n) is 7.73. The molecule has 1 fully saturated rings. The summed E-state index contributed by atoms with van der Waals surface area (Å²) < 4.78 is 0. The van der Waals surface area contributed by atoms with Gasteiger partial charge >= 0.3 is 0 Å². The minimum atomic E-state index is -0.0906. The van der Waals surface area contributed by atoms with Crippen molar-refractivity contribution >= 4 is 5.84 Å². The zero-order valence-electron chi connectivity index (χ0n) is 12.7. The lowest BCUT2D eigenvalue weighted by Gasteiger charge is -2.21. The summed E-state index contributed by atoms with van der Waals surface area (Å²) in [5, 5.41) is 15.6. The highest BCUT2D eigenvalue weighted by Crippen LogP contribution is 2.25. The smallest absolute Gasteiger partial charge is 0.147 e. The third kappa shape index (κ3) is 4.72. The zero-order chi connectivity index (χ0) is 15.1. The van der Waals surface area contributed by atoms with Crippen molar-refractivity contribution in [2.45, 2.75) is 31.7 Å². The molecule has 1 unspecified atom stereocenters. The van der Waals surface area contributed by atoms with Crippen LogP contribution in [0.5, 0.6) is 0 Å². The Kier molecular flexibility index (Phi) is 6.02. The van der Waals surface area contributed by atoms with Gasteiger partial charge in [-0.25, -0.2) is 0 Å². The van der Waals surface area contributed by atoms with Crippen LogP contribution in [0.4, 0.5) is 0 Å². The van der Waals surface area contributed by atoms with Gasteiger partial charge in [-0.2, -0.15) is 0 Å². The van der Waals surface area contributed by atoms with E-state index in [1.807, 2.05) is 30.3 Å². The third-order valence-electron chi connectivity index (χ3n) is 4.07. The topological polar surface area (TPSA) is 73.9 Å². The lowest BCUT2D eigenvalue weighted by atomic mass is 9.98. The first-order valence-corrected chi connectivity index (χ1v) is 7.73. The fourth-order valence-electron chi connectivity index (χ4n) is 2.66. The van der Waals surface area contributed by atoms with Crippen LogP contribution in [-0.4, -0.2) is 48.2 Å². The Balaban J connectivity index is 1.82. The summed E-state index contributed by atoms with van der Waals surface area (Å²) in [5.74, 6) is 0.162. The Labute approximate surface area is 126 Å². The molecule has 0 aliphatic heterocycles. The van der Waals surface area contributed by atoms with Crippen molar-refractivity contribution in [1.82, 2.24) is 10.2 Å². The number of rotatable bonds is 9. The maximum Gasteiger partial charge on any atom is 0.147 e. The van der Waals surface area contributed by atoms with Gasteiger partial charge in [0.25, 0.3) is 0 Å². The van der Waals surface area contributed by atoms with E-state index in [4.69, 9.17) is 10.9 Å². The second kappa shape index (κ2) is 8.00. The Bertz CT molecular complexity index is 445. The maximum absolute atomic E-state index is 8.96. The fourth-order valence-corrected chi connectivity index (χ4v) is 2.66. The van der Waals surface area contributed by atoms with Gasteiger partial charge in [-0.3, -0.25) is 4.90 Å². The van der Waals surface area contributed by atoms with E-state index < -0.39 is 0 Å². The average molecular weight is 290 g/mol. The van der Waals surface area contributed by atoms with Crippen LogP contribution in [0.25, 0.3) is 0 Å². The van der Waals surface area contributed by atoms with Gasteiger partial charge in [-0.15, -0.1) is 0 Å². The molecule has 1 aliphatic rings. The lowest BCUT2D eigenvalue weighted by molar-refractivity contribution is 0.277. The van der Waals surface area contributed by atoms with Crippen LogP contribution >= 0.6 is 0 Å². The van der Waals surface area contributed by atoms with E-state index in [1.54, 1.807) is 0 Å². The van der Waals surface area contributed by atoms with E-state index in [-0.39, 0.29) is 11.8 Å². The molecule has 0 heterocycles. The van der Waals surface area contributed by atoms with Gasteiger partial charge in [-0.1, -0.05) is 42.4 Å². The molecule has 1 aliphatic carbocycles. The van der Waals surface area contributed by atoms with Crippen LogP contribution in [0.1, 0.15) is 31.2 Å². The van der Waals surface area contributed by atoms with E-state index in [1.165, 1.54) is 12.8 Å². The summed E-state index contributed by atoms with van der Waals surface area (Å²) in [6.45, 7) is 5.98. The van der Waals surface area contributed by atoms with Crippen molar-refractivity contribution in [3.05, 3.63) is 35.9 Å². The van der Waals surface area contributed by atoms with Crippen LogP contribution in [0.15, 0.2) is 35.5 Å². The normalized spacial score (nSPS) is 17.1. The monoisotopic (exact) mass is 290 g/mol. The maximum atomic E-state index is 8.96. The summed E-state index contributed by atoms with van der Waals surface area (Å²) in [7, 11) is 0. The number of oxime groups is 1. The van der Waals surface area contributed by atoms with Crippen molar-refractivity contribution in [3.8, 4) is 0 Å². The Morgan fingerprint density at radius 3 is 2.71 bits per heavy atom. The minimum absolute atomic E-state index is 0.0906. The predicted molar refractivity (Wildman–Crippen MR) is 85.7 cm³/mol. The predicted octanol–water partition coefficient (Wildman–Crippen LogP) is 1.59. The molecule has 0 radical (unpaired) electrons. The van der Waals surface area contributed by atoms with Crippen molar-refractivity contribution in [2.24, 2.45) is 10.9 Å². The van der Waals surface area contributed by atoms with Crippen molar-refractivity contribution in [2.75, 3.05) is 26.2 Å². The first-order chi connectivity index (χ1) is 10.3. The van der Waals surface area contributed by atoms with Crippen LogP contribution in [0.3, 0.4) is 0 Å². The second-order valence-electron chi connectivity index (χ2n) is 5.55. The molecule has 0 bridgehead atoms. The SMILES string of the molecule is CCN(CCNCC(/C(N)=N/O)c1ccccc1)C1CC1. The van der Waals surface area contributed by atoms with Crippen molar-refractivity contribution in [1.29, 1.82) is 0 Å². The third-order valence-corrected chi connectivity index (χ3v) is 4.07. The van der Waals surface area contributed by atoms with Gasteiger partial charge in [0.15, 0.2) is 0 Å². The molecule has 5 heteroatoms. The molecule has 0 spiro atoms. The molecular formula is C16H26N4O. The van der Waals surface area contributed by atoms with Crippen LogP contribution < -0.4 is 11.1 Å². The Morgan fingerprint density at radius 1 is 1.43 bits per heavy atom. The van der Waals surface area contributed by atoms with Crippen LogP contribution in [-0.2, 0) is 0 Å². The molecule has 1 saturated carbocycles. The number of nitrogens with two attached hydrogens (primary N) is 1. The van der Waals surface area contributed by atoms with E-state index >= 15 is 0 Å². The molecule has 4 N–H and O–H groups in total. The molecule has 0 aromatic heterocycles. The zero-order valence-corrected chi connectivity index (χ0v) is 12.7. The van der Waals surface area contributed by atoms with Gasteiger partial charge in [0.2, 0.25) is 0 Å². The molecule has 1 atom stereocenters. The molecule has 0 amide bonds. The summed E-state index contributed by atoms with van der Waals surface area (Å²) in [5.41, 5.74) is 6.89. The van der Waals surface area contributed by atoms with Gasteiger partial charge < -0.3 is 16.3 Å². The highest BCUT2D eigenvalue weighted by molar-refractivity contribution is 5.87. The Hall–Kier alpha value is -1.59. The van der Waals surface area contributed by atoms with Gasteiger partial charge in [0, 0.05) is 25.7 Å². The molecule has 116 valence electrons. The molecule has 1 aromatic rings. The van der Waals surface area contributed by atoms with Gasteiger partial charge in [-0.05, 0) is 24.9 Å². The fraction of sp³-hybridized carbons (Fsp3) is 0.562. The highest BCUT2D eigenvalue weighted by Gasteiger charge is 2.27. The van der Waals surface area contributed by atoms with E-state index in [0.717, 1.165) is 31.2 Å². The number of nitrogens with one attached hydrogen (secondary N) is 1. The van der Waals surface area contributed by atoms with Gasteiger partial charge in [0.05, 0.1) is 5.92 Å². The quantitative estimate of drug-likeness (QED) is 0.212. The molecule has 2 rings (SSSR count).